The summed E-state index contributed by atoms with van der Waals surface area (Å²) in [6.45, 7) is 0. The van der Waals surface area contributed by atoms with Crippen molar-refractivity contribution in [1.29, 1.82) is 0 Å². The molecule has 0 aliphatic carbocycles. The molecule has 0 atom stereocenters. The van der Waals surface area contributed by atoms with Crippen LogP contribution in [0.1, 0.15) is 0 Å². The van der Waals surface area contributed by atoms with Gasteiger partial charge in [0, 0.05) is 5.39 Å². The molecule has 0 fully saturated rings. The Hall–Kier alpha value is -0.244. The van der Waals surface area contributed by atoms with Gasteiger partial charge in [0.05, 0.1) is 5.02 Å². The van der Waals surface area contributed by atoms with E-state index in [4.69, 9.17) is 11.6 Å². The molecule has 0 bridgehead atoms. The van der Waals surface area contributed by atoms with E-state index in [1.54, 1.807) is 12.1 Å². The Balaban J connectivity index is 0.00000144. The Bertz CT molecular complexity index is 1110. The van der Waals surface area contributed by atoms with Gasteiger partial charge in [0.15, 0.2) is 0 Å². The normalized spacial score (nSPS) is 12.1. The molecule has 0 radical (unpaired) electrons. The summed E-state index contributed by atoms with van der Waals surface area (Å²) in [6, 6.07) is 14.9. The Morgan fingerprint density at radius 3 is 2.09 bits per heavy atom. The van der Waals surface area contributed by atoms with E-state index in [1.165, 1.54) is 0 Å². The molecule has 4 rings (SSSR count). The predicted molar refractivity (Wildman–Crippen MR) is 92.1 cm³/mol. The molecule has 0 saturated heterocycles. The van der Waals surface area contributed by atoms with Crippen LogP contribution in [0.2, 0.25) is 5.02 Å². The van der Waals surface area contributed by atoms with E-state index in [0.29, 0.717) is 5.39 Å². The third-order valence-corrected chi connectivity index (χ3v) is 5.18. The monoisotopic (exact) mass is 356 g/mol. The van der Waals surface area contributed by atoms with Crippen molar-refractivity contribution in [3.8, 4) is 0 Å². The van der Waals surface area contributed by atoms with Gasteiger partial charge < -0.3 is 0 Å². The third kappa shape index (κ3) is 2.41. The van der Waals surface area contributed by atoms with E-state index in [2.05, 4.69) is 0 Å². The first kappa shape index (κ1) is 16.6. The number of rotatable bonds is 1. The van der Waals surface area contributed by atoms with Crippen LogP contribution in [0.15, 0.2) is 53.4 Å². The zero-order valence-corrected chi connectivity index (χ0v) is 12.2. The van der Waals surface area contributed by atoms with Gasteiger partial charge in [0.1, 0.15) is 4.90 Å². The second-order valence-electron chi connectivity index (χ2n) is 5.02. The Kier molecular flexibility index (Phi) is 4.29. The van der Waals surface area contributed by atoms with Crippen molar-refractivity contribution >= 4 is 105 Å². The van der Waals surface area contributed by atoms with Crippen molar-refractivity contribution in [2.75, 3.05) is 0 Å². The molecule has 0 aliphatic rings. The van der Waals surface area contributed by atoms with Crippen LogP contribution >= 0.6 is 11.6 Å². The first-order valence-corrected chi connectivity index (χ1v) is 8.12. The van der Waals surface area contributed by atoms with E-state index in [1.807, 2.05) is 36.4 Å². The zero-order chi connectivity index (χ0) is 14.8. The van der Waals surface area contributed by atoms with Crippen molar-refractivity contribution in [2.45, 2.75) is 4.90 Å². The summed E-state index contributed by atoms with van der Waals surface area (Å²) in [4.78, 5) is -0.227. The van der Waals surface area contributed by atoms with E-state index in [-0.39, 0.29) is 61.3 Å². The molecule has 0 amide bonds. The summed E-state index contributed by atoms with van der Waals surface area (Å²) >= 11 is 6.07. The summed E-state index contributed by atoms with van der Waals surface area (Å²) in [5, 5.41) is 5.17. The van der Waals surface area contributed by atoms with E-state index >= 15 is 0 Å². The molecule has 1 N–H and O–H groups in total. The number of benzene rings is 4. The van der Waals surface area contributed by atoms with E-state index < -0.39 is 10.1 Å². The zero-order valence-electron chi connectivity index (χ0n) is 10.7. The molecule has 22 heavy (non-hydrogen) atoms. The number of hydrogen-bond acceptors (Lipinski definition) is 2. The minimum atomic E-state index is -4.39. The van der Waals surface area contributed by atoms with Crippen molar-refractivity contribution in [3.63, 3.8) is 0 Å². The van der Waals surface area contributed by atoms with Crippen LogP contribution in [-0.2, 0) is 10.1 Å². The van der Waals surface area contributed by atoms with Gasteiger partial charge >= 0.3 is 51.4 Å². The minimum absolute atomic E-state index is 0. The molecule has 0 spiro atoms. The second kappa shape index (κ2) is 5.68. The maximum atomic E-state index is 11.7. The fraction of sp³-hybridized carbons (Fsp3) is 0. The first-order chi connectivity index (χ1) is 9.97. The predicted octanol–water partition coefficient (Wildman–Crippen LogP) is 3.84. The Morgan fingerprint density at radius 2 is 1.45 bits per heavy atom. The standard InChI is InChI=1S/C16H9ClO3S.K.H/c17-13-8-11-5-4-9-2-1-3-10-6-7-12(15(11)14(9)10)16(13)21(18,19)20;;/h1-8H,(H,18,19,20);;. The number of hydrogen-bond donors (Lipinski definition) is 1. The van der Waals surface area contributed by atoms with Crippen LogP contribution in [0.5, 0.6) is 0 Å². The molecule has 6 heteroatoms. The Morgan fingerprint density at radius 1 is 0.864 bits per heavy atom. The quantitative estimate of drug-likeness (QED) is 0.320. The van der Waals surface area contributed by atoms with Gasteiger partial charge in [0.2, 0.25) is 0 Å². The molecule has 0 heterocycles. The fourth-order valence-corrected chi connectivity index (χ4v) is 4.28. The van der Waals surface area contributed by atoms with Crippen LogP contribution in [0.25, 0.3) is 32.3 Å². The average molecular weight is 357 g/mol. The van der Waals surface area contributed by atoms with Crippen LogP contribution in [0, 0.1) is 0 Å². The molecular formula is C16H10ClKO3S. The van der Waals surface area contributed by atoms with Crippen molar-refractivity contribution in [2.24, 2.45) is 0 Å². The van der Waals surface area contributed by atoms with Gasteiger partial charge in [0.25, 0.3) is 10.1 Å². The summed E-state index contributed by atoms with van der Waals surface area (Å²) in [7, 11) is -4.39. The van der Waals surface area contributed by atoms with Crippen LogP contribution < -0.4 is 0 Å². The molecule has 0 aromatic heterocycles. The number of halogens is 1. The van der Waals surface area contributed by atoms with Gasteiger partial charge in [-0.2, -0.15) is 8.42 Å². The molecule has 106 valence electrons. The summed E-state index contributed by atoms with van der Waals surface area (Å²) in [5.74, 6) is 0. The first-order valence-electron chi connectivity index (χ1n) is 6.30. The maximum absolute atomic E-state index is 11.7. The summed E-state index contributed by atoms with van der Waals surface area (Å²) in [5.41, 5.74) is 0. The van der Waals surface area contributed by atoms with E-state index in [9.17, 15) is 13.0 Å². The average Bonchev–Trinajstić information content (AvgIpc) is 2.42. The second-order valence-corrected chi connectivity index (χ2v) is 6.78. The third-order valence-electron chi connectivity index (χ3n) is 3.81. The van der Waals surface area contributed by atoms with Crippen LogP contribution in [-0.4, -0.2) is 64.4 Å². The van der Waals surface area contributed by atoms with Crippen LogP contribution in [0.4, 0.5) is 0 Å². The van der Waals surface area contributed by atoms with Crippen LogP contribution in [0.3, 0.4) is 0 Å². The fourth-order valence-electron chi connectivity index (χ4n) is 3.01. The summed E-state index contributed by atoms with van der Waals surface area (Å²) < 4.78 is 32.8. The molecule has 4 aromatic rings. The molecule has 4 aromatic carbocycles. The topological polar surface area (TPSA) is 54.4 Å². The molecular weight excluding hydrogens is 347 g/mol. The van der Waals surface area contributed by atoms with Gasteiger partial charge in [-0.05, 0) is 33.0 Å². The molecule has 3 nitrogen and oxygen atoms in total. The summed E-state index contributed by atoms with van der Waals surface area (Å²) in [6.07, 6.45) is 0. The van der Waals surface area contributed by atoms with E-state index in [0.717, 1.165) is 26.9 Å². The Labute approximate surface area is 174 Å². The van der Waals surface area contributed by atoms with Gasteiger partial charge in [-0.1, -0.05) is 54.1 Å². The van der Waals surface area contributed by atoms with Gasteiger partial charge in [-0.3, -0.25) is 4.55 Å². The molecule has 0 unspecified atom stereocenters. The van der Waals surface area contributed by atoms with Gasteiger partial charge in [-0.15, -0.1) is 0 Å². The van der Waals surface area contributed by atoms with Crippen molar-refractivity contribution < 1.29 is 13.0 Å². The van der Waals surface area contributed by atoms with Gasteiger partial charge in [-0.25, -0.2) is 0 Å². The van der Waals surface area contributed by atoms with Crippen molar-refractivity contribution in [1.82, 2.24) is 0 Å². The molecule has 0 aliphatic heterocycles. The van der Waals surface area contributed by atoms with Crippen molar-refractivity contribution in [3.05, 3.63) is 53.6 Å². The SMILES string of the molecule is O=S(=O)(O)c1c(Cl)cc2ccc3cccc4ccc1c2c34.[KH]. The molecule has 0 saturated carbocycles.